The highest BCUT2D eigenvalue weighted by atomic mass is 16.2. The lowest BCUT2D eigenvalue weighted by molar-refractivity contribution is -0.136. The van der Waals surface area contributed by atoms with Crippen LogP contribution in [0.1, 0.15) is 38.5 Å². The van der Waals surface area contributed by atoms with Crippen LogP contribution in [0, 0.1) is 0 Å². The summed E-state index contributed by atoms with van der Waals surface area (Å²) >= 11 is 0. The second-order valence-electron chi connectivity index (χ2n) is 6.46. The lowest BCUT2D eigenvalue weighted by Gasteiger charge is -2.36. The average molecular weight is 355 g/mol. The molecule has 0 radical (unpaired) electrons. The summed E-state index contributed by atoms with van der Waals surface area (Å²) < 4.78 is 0. The molecular formula is C16H33N7O2. The largest absolute Gasteiger partial charge is 0.370 e. The van der Waals surface area contributed by atoms with Gasteiger partial charge < -0.3 is 27.8 Å². The van der Waals surface area contributed by atoms with Gasteiger partial charge in [-0.05, 0) is 39.3 Å². The van der Waals surface area contributed by atoms with E-state index >= 15 is 0 Å². The number of amides is 2. The van der Waals surface area contributed by atoms with E-state index in [-0.39, 0.29) is 23.8 Å². The summed E-state index contributed by atoms with van der Waals surface area (Å²) in [6.07, 6.45) is 5.43. The normalized spacial score (nSPS) is 20.8. The lowest BCUT2D eigenvalue weighted by atomic mass is 10.0. The fourth-order valence-corrected chi connectivity index (χ4v) is 2.88. The van der Waals surface area contributed by atoms with Gasteiger partial charge in [-0.15, -0.1) is 0 Å². The van der Waals surface area contributed by atoms with Gasteiger partial charge in [-0.2, -0.15) is 0 Å². The molecule has 0 unspecified atom stereocenters. The van der Waals surface area contributed by atoms with Crippen molar-refractivity contribution in [3.63, 3.8) is 0 Å². The molecule has 0 spiro atoms. The quantitative estimate of drug-likeness (QED) is 0.172. The molecule has 1 aliphatic rings. The first-order chi connectivity index (χ1) is 12.0. The van der Waals surface area contributed by atoms with Crippen LogP contribution in [0.15, 0.2) is 4.99 Å². The van der Waals surface area contributed by atoms with Gasteiger partial charge in [-0.25, -0.2) is 0 Å². The first kappa shape index (κ1) is 21.2. The van der Waals surface area contributed by atoms with Crippen LogP contribution in [-0.4, -0.2) is 68.0 Å². The van der Waals surface area contributed by atoms with Crippen LogP contribution in [0.25, 0.3) is 0 Å². The van der Waals surface area contributed by atoms with Crippen molar-refractivity contribution in [3.05, 3.63) is 0 Å². The number of nitrogens with two attached hydrogens (primary N) is 3. The van der Waals surface area contributed by atoms with Gasteiger partial charge in [0.25, 0.3) is 0 Å². The molecule has 25 heavy (non-hydrogen) atoms. The van der Waals surface area contributed by atoms with E-state index in [4.69, 9.17) is 17.2 Å². The number of rotatable bonds is 11. The maximum atomic E-state index is 12.3. The van der Waals surface area contributed by atoms with Crippen LogP contribution < -0.4 is 27.8 Å². The summed E-state index contributed by atoms with van der Waals surface area (Å²) in [5, 5.41) is 5.71. The zero-order valence-electron chi connectivity index (χ0n) is 15.2. The second-order valence-corrected chi connectivity index (χ2v) is 6.46. The number of nitrogens with one attached hydrogen (secondary N) is 2. The van der Waals surface area contributed by atoms with Gasteiger partial charge in [0, 0.05) is 19.6 Å². The van der Waals surface area contributed by atoms with E-state index in [0.29, 0.717) is 39.0 Å². The van der Waals surface area contributed by atoms with Gasteiger partial charge in [0.2, 0.25) is 11.8 Å². The molecule has 0 aliphatic carbocycles. The maximum absolute atomic E-state index is 12.3. The number of guanidine groups is 1. The number of likely N-dealkylation sites (N-methyl/N-ethyl adjacent to an activating group) is 1. The molecule has 9 nitrogen and oxygen atoms in total. The molecule has 1 heterocycles. The molecule has 0 aromatic rings. The minimum atomic E-state index is -0.504. The van der Waals surface area contributed by atoms with Crippen molar-refractivity contribution >= 4 is 17.8 Å². The van der Waals surface area contributed by atoms with Crippen molar-refractivity contribution in [1.82, 2.24) is 15.5 Å². The molecule has 0 saturated carbocycles. The molecule has 0 bridgehead atoms. The third-order valence-electron chi connectivity index (χ3n) is 4.30. The first-order valence-electron chi connectivity index (χ1n) is 8.99. The van der Waals surface area contributed by atoms with E-state index in [9.17, 15) is 9.59 Å². The van der Waals surface area contributed by atoms with Gasteiger partial charge in [0.05, 0.1) is 6.04 Å². The van der Waals surface area contributed by atoms with Gasteiger partial charge in [-0.3, -0.25) is 19.5 Å². The van der Waals surface area contributed by atoms with Crippen molar-refractivity contribution in [2.45, 2.75) is 50.6 Å². The SMILES string of the molecule is CN1C[C@H](C(=O)NCCCCCCN)NC(=O)[C@@H]1CCCN=C(N)N. The fourth-order valence-electron chi connectivity index (χ4n) is 2.88. The second kappa shape index (κ2) is 11.6. The minimum absolute atomic E-state index is 0.0567. The Hall–Kier alpha value is -1.87. The Labute approximate surface area is 149 Å². The van der Waals surface area contributed by atoms with Crippen LogP contribution in [0.5, 0.6) is 0 Å². The fraction of sp³-hybridized carbons (Fsp3) is 0.812. The molecule has 2 amide bonds. The molecule has 144 valence electrons. The Morgan fingerprint density at radius 2 is 2.00 bits per heavy atom. The lowest BCUT2D eigenvalue weighted by Crippen LogP contribution is -2.63. The van der Waals surface area contributed by atoms with Crippen LogP contribution in [0.2, 0.25) is 0 Å². The Morgan fingerprint density at radius 1 is 1.28 bits per heavy atom. The Balaban J connectivity index is 2.30. The third-order valence-corrected chi connectivity index (χ3v) is 4.30. The molecular weight excluding hydrogens is 322 g/mol. The van der Waals surface area contributed by atoms with Crippen LogP contribution in [0.4, 0.5) is 0 Å². The summed E-state index contributed by atoms with van der Waals surface area (Å²) in [5.74, 6) is -0.194. The molecule has 1 aliphatic heterocycles. The average Bonchev–Trinajstić information content (AvgIpc) is 2.56. The number of hydrogen-bond donors (Lipinski definition) is 5. The number of carbonyl (C=O) groups excluding carboxylic acids is 2. The predicted octanol–water partition coefficient (Wildman–Crippen LogP) is -1.53. The number of aliphatic imine (C=N–C) groups is 1. The number of nitrogens with zero attached hydrogens (tertiary/aromatic N) is 2. The van der Waals surface area contributed by atoms with Crippen LogP contribution in [0.3, 0.4) is 0 Å². The Bertz CT molecular complexity index is 452. The molecule has 1 rings (SSSR count). The predicted molar refractivity (Wildman–Crippen MR) is 98.8 cm³/mol. The summed E-state index contributed by atoms with van der Waals surface area (Å²) in [7, 11) is 1.86. The van der Waals surface area contributed by atoms with Gasteiger partial charge in [0.1, 0.15) is 6.04 Å². The van der Waals surface area contributed by atoms with E-state index < -0.39 is 6.04 Å². The summed E-state index contributed by atoms with van der Waals surface area (Å²) in [6.45, 7) is 2.33. The van der Waals surface area contributed by atoms with Crippen molar-refractivity contribution in [2.75, 3.05) is 33.2 Å². The van der Waals surface area contributed by atoms with Crippen LogP contribution in [-0.2, 0) is 9.59 Å². The molecule has 8 N–H and O–H groups in total. The van der Waals surface area contributed by atoms with Crippen LogP contribution >= 0.6 is 0 Å². The number of hydrogen-bond acceptors (Lipinski definition) is 5. The molecule has 9 heteroatoms. The Morgan fingerprint density at radius 3 is 2.64 bits per heavy atom. The topological polar surface area (TPSA) is 152 Å². The third kappa shape index (κ3) is 8.17. The number of piperazine rings is 1. The highest BCUT2D eigenvalue weighted by Crippen LogP contribution is 2.12. The summed E-state index contributed by atoms with van der Waals surface area (Å²) in [5.41, 5.74) is 16.0. The Kier molecular flexibility index (Phi) is 9.86. The van der Waals surface area contributed by atoms with Crippen molar-refractivity contribution in [1.29, 1.82) is 0 Å². The minimum Gasteiger partial charge on any atom is -0.370 e. The molecule has 0 aromatic heterocycles. The van der Waals surface area contributed by atoms with E-state index in [1.54, 1.807) is 0 Å². The molecule has 2 atom stereocenters. The highest BCUT2D eigenvalue weighted by molar-refractivity contribution is 5.91. The standard InChI is InChI=1S/C16H33N7O2/c1-23-11-12(14(24)20-9-5-3-2-4-8-17)22-15(25)13(23)7-6-10-21-16(18)19/h12-13H,2-11,17H2,1H3,(H,20,24)(H,22,25)(H4,18,19,21)/t12-,13+/m1/s1. The van der Waals surface area contributed by atoms with Crippen molar-refractivity contribution in [3.8, 4) is 0 Å². The molecule has 1 saturated heterocycles. The highest BCUT2D eigenvalue weighted by Gasteiger charge is 2.34. The smallest absolute Gasteiger partial charge is 0.243 e. The summed E-state index contributed by atoms with van der Waals surface area (Å²) in [4.78, 5) is 30.3. The zero-order valence-corrected chi connectivity index (χ0v) is 15.2. The van der Waals surface area contributed by atoms with E-state index in [2.05, 4.69) is 15.6 Å². The van der Waals surface area contributed by atoms with Gasteiger partial charge >= 0.3 is 0 Å². The van der Waals surface area contributed by atoms with Crippen molar-refractivity contribution in [2.24, 2.45) is 22.2 Å². The van der Waals surface area contributed by atoms with Gasteiger partial charge in [-0.1, -0.05) is 12.8 Å². The number of unbranched alkanes of at least 4 members (excludes halogenated alkanes) is 3. The molecule has 1 fully saturated rings. The zero-order chi connectivity index (χ0) is 18.7. The van der Waals surface area contributed by atoms with E-state index in [1.807, 2.05) is 11.9 Å². The number of carbonyl (C=O) groups is 2. The van der Waals surface area contributed by atoms with Gasteiger partial charge in [0.15, 0.2) is 5.96 Å². The van der Waals surface area contributed by atoms with E-state index in [1.165, 1.54) is 0 Å². The first-order valence-corrected chi connectivity index (χ1v) is 8.99. The van der Waals surface area contributed by atoms with Crippen molar-refractivity contribution < 1.29 is 9.59 Å². The van der Waals surface area contributed by atoms with E-state index in [0.717, 1.165) is 25.7 Å². The molecule has 0 aromatic carbocycles. The maximum Gasteiger partial charge on any atom is 0.243 e. The monoisotopic (exact) mass is 355 g/mol. The summed E-state index contributed by atoms with van der Waals surface area (Å²) in [6, 6.07) is -0.759.